The molecule has 0 aromatic carbocycles. The van der Waals surface area contributed by atoms with Gasteiger partial charge in [-0.15, -0.1) is 10.2 Å². The Kier molecular flexibility index (Phi) is 3.46. The van der Waals surface area contributed by atoms with Crippen molar-refractivity contribution in [1.82, 2.24) is 25.3 Å². The number of H-pyrrole nitrogens is 1. The summed E-state index contributed by atoms with van der Waals surface area (Å²) < 4.78 is 30.9. The number of ether oxygens (including phenoxy) is 1. The molecule has 0 spiro atoms. The van der Waals surface area contributed by atoms with Gasteiger partial charge >= 0.3 is 0 Å². The van der Waals surface area contributed by atoms with Gasteiger partial charge in [0.25, 0.3) is 0 Å². The Hall–Kier alpha value is -1.06. The van der Waals surface area contributed by atoms with Crippen molar-refractivity contribution >= 4 is 10.0 Å². The molecular weight excluding hydrogens is 234 g/mol. The lowest BCUT2D eigenvalue weighted by atomic mass is 10.3. The Labute approximate surface area is 92.8 Å². The summed E-state index contributed by atoms with van der Waals surface area (Å²) in [5.41, 5.74) is 0. The highest BCUT2D eigenvalue weighted by Crippen LogP contribution is 2.13. The van der Waals surface area contributed by atoms with E-state index >= 15 is 0 Å². The smallest absolute Gasteiger partial charge is 0.214 e. The number of hydrogen-bond acceptors (Lipinski definition) is 6. The van der Waals surface area contributed by atoms with Gasteiger partial charge in [0, 0.05) is 6.61 Å². The van der Waals surface area contributed by atoms with Crippen LogP contribution < -0.4 is 4.72 Å². The highest BCUT2D eigenvalue weighted by Gasteiger charge is 2.23. The lowest BCUT2D eigenvalue weighted by molar-refractivity contribution is 0.127. The average Bonchev–Trinajstić information content (AvgIpc) is 2.85. The standard InChI is InChI=1S/C7H13N5O3S/c13-16(14,5-6-2-1-3-15-6)8-4-7-9-11-12-10-7/h6,8H,1-5H2,(H,9,10,11,12). The maximum atomic E-state index is 11.6. The van der Waals surface area contributed by atoms with Crippen LogP contribution in [-0.4, -0.2) is 47.5 Å². The number of hydrogen-bond donors (Lipinski definition) is 2. The lowest BCUT2D eigenvalue weighted by Gasteiger charge is -2.09. The SMILES string of the molecule is O=S(=O)(CC1CCCO1)NCc1nn[nH]n1. The first-order valence-electron chi connectivity index (χ1n) is 4.97. The van der Waals surface area contributed by atoms with Crippen LogP contribution in [-0.2, 0) is 21.3 Å². The lowest BCUT2D eigenvalue weighted by Crippen LogP contribution is -2.31. The van der Waals surface area contributed by atoms with E-state index in [1.54, 1.807) is 0 Å². The van der Waals surface area contributed by atoms with Crippen LogP contribution in [0.3, 0.4) is 0 Å². The molecule has 1 aromatic rings. The van der Waals surface area contributed by atoms with Crippen LogP contribution in [0.15, 0.2) is 0 Å². The van der Waals surface area contributed by atoms with Crippen molar-refractivity contribution in [2.45, 2.75) is 25.5 Å². The highest BCUT2D eigenvalue weighted by atomic mass is 32.2. The Balaban J connectivity index is 1.82. The van der Waals surface area contributed by atoms with Crippen LogP contribution in [0.4, 0.5) is 0 Å². The molecule has 1 fully saturated rings. The van der Waals surface area contributed by atoms with Gasteiger partial charge in [0.05, 0.1) is 18.4 Å². The fourth-order valence-electron chi connectivity index (χ4n) is 1.51. The van der Waals surface area contributed by atoms with Crippen LogP contribution in [0.25, 0.3) is 0 Å². The summed E-state index contributed by atoms with van der Waals surface area (Å²) in [7, 11) is -3.34. The van der Waals surface area contributed by atoms with Gasteiger partial charge in [-0.1, -0.05) is 5.21 Å². The first-order chi connectivity index (χ1) is 7.66. The summed E-state index contributed by atoms with van der Waals surface area (Å²) in [6, 6.07) is 0. The third kappa shape index (κ3) is 3.22. The van der Waals surface area contributed by atoms with E-state index < -0.39 is 10.0 Å². The fourth-order valence-corrected chi connectivity index (χ4v) is 2.73. The van der Waals surface area contributed by atoms with Gasteiger partial charge < -0.3 is 4.74 Å². The van der Waals surface area contributed by atoms with E-state index in [1.165, 1.54) is 0 Å². The van der Waals surface area contributed by atoms with E-state index in [-0.39, 0.29) is 18.4 Å². The first kappa shape index (κ1) is 11.4. The van der Waals surface area contributed by atoms with Crippen molar-refractivity contribution in [3.8, 4) is 0 Å². The minimum absolute atomic E-state index is 0.00908. The molecule has 0 radical (unpaired) electrons. The average molecular weight is 247 g/mol. The van der Waals surface area contributed by atoms with Crippen molar-refractivity contribution < 1.29 is 13.2 Å². The zero-order valence-corrected chi connectivity index (χ0v) is 9.40. The summed E-state index contributed by atoms with van der Waals surface area (Å²) in [6.45, 7) is 0.691. The molecule has 2 N–H and O–H groups in total. The van der Waals surface area contributed by atoms with Crippen molar-refractivity contribution in [3.05, 3.63) is 5.82 Å². The van der Waals surface area contributed by atoms with Crippen LogP contribution in [0.2, 0.25) is 0 Å². The highest BCUT2D eigenvalue weighted by molar-refractivity contribution is 7.89. The van der Waals surface area contributed by atoms with Crippen molar-refractivity contribution in [3.63, 3.8) is 0 Å². The number of aromatic amines is 1. The number of rotatable bonds is 5. The minimum atomic E-state index is -3.34. The predicted molar refractivity (Wildman–Crippen MR) is 53.8 cm³/mol. The molecular formula is C7H13N5O3S. The van der Waals surface area contributed by atoms with E-state index in [9.17, 15) is 8.42 Å². The third-order valence-corrected chi connectivity index (χ3v) is 3.66. The minimum Gasteiger partial charge on any atom is -0.377 e. The number of aromatic nitrogens is 4. The molecule has 1 aromatic heterocycles. The molecule has 0 amide bonds. The maximum Gasteiger partial charge on any atom is 0.214 e. The summed E-state index contributed by atoms with van der Waals surface area (Å²) >= 11 is 0. The number of sulfonamides is 1. The van der Waals surface area contributed by atoms with Gasteiger partial charge in [-0.25, -0.2) is 13.1 Å². The van der Waals surface area contributed by atoms with Crippen molar-refractivity contribution in [1.29, 1.82) is 0 Å². The zero-order valence-electron chi connectivity index (χ0n) is 8.59. The molecule has 1 atom stereocenters. The molecule has 9 heteroatoms. The van der Waals surface area contributed by atoms with Crippen LogP contribution >= 0.6 is 0 Å². The summed E-state index contributed by atoms with van der Waals surface area (Å²) in [6.07, 6.45) is 1.52. The van der Waals surface area contributed by atoms with Gasteiger partial charge in [0.1, 0.15) is 0 Å². The van der Waals surface area contributed by atoms with Gasteiger partial charge in [-0.05, 0) is 12.8 Å². The van der Waals surface area contributed by atoms with E-state index in [0.717, 1.165) is 12.8 Å². The van der Waals surface area contributed by atoms with E-state index in [0.29, 0.717) is 12.4 Å². The van der Waals surface area contributed by atoms with Gasteiger partial charge in [-0.2, -0.15) is 5.21 Å². The van der Waals surface area contributed by atoms with E-state index in [2.05, 4.69) is 25.3 Å². The van der Waals surface area contributed by atoms with Gasteiger partial charge in [-0.3, -0.25) is 0 Å². The van der Waals surface area contributed by atoms with Gasteiger partial charge in [0.15, 0.2) is 5.82 Å². The number of tetrazole rings is 1. The molecule has 1 aliphatic heterocycles. The molecule has 0 saturated carbocycles. The Morgan fingerprint density at radius 3 is 3.06 bits per heavy atom. The largest absolute Gasteiger partial charge is 0.377 e. The summed E-state index contributed by atoms with van der Waals surface area (Å²) in [4.78, 5) is 0. The molecule has 1 aliphatic rings. The third-order valence-electron chi connectivity index (χ3n) is 2.27. The second-order valence-corrected chi connectivity index (χ2v) is 5.42. The molecule has 0 aliphatic carbocycles. The van der Waals surface area contributed by atoms with E-state index in [4.69, 9.17) is 4.74 Å². The molecule has 90 valence electrons. The molecule has 1 unspecified atom stereocenters. The second kappa shape index (κ2) is 4.85. The molecule has 2 rings (SSSR count). The predicted octanol–water partition coefficient (Wildman–Crippen LogP) is -1.20. The summed E-state index contributed by atoms with van der Waals surface area (Å²) in [5, 5.41) is 12.9. The normalized spacial score (nSPS) is 21.4. The molecule has 1 saturated heterocycles. The van der Waals surface area contributed by atoms with Crippen molar-refractivity contribution in [2.24, 2.45) is 0 Å². The van der Waals surface area contributed by atoms with Crippen molar-refractivity contribution in [2.75, 3.05) is 12.4 Å². The monoisotopic (exact) mass is 247 g/mol. The van der Waals surface area contributed by atoms with Gasteiger partial charge in [0.2, 0.25) is 10.0 Å². The number of nitrogens with one attached hydrogen (secondary N) is 2. The summed E-state index contributed by atoms with van der Waals surface area (Å²) in [5.74, 6) is 0.307. The molecule has 2 heterocycles. The molecule has 16 heavy (non-hydrogen) atoms. The van der Waals surface area contributed by atoms with Crippen LogP contribution in [0.1, 0.15) is 18.7 Å². The number of nitrogens with zero attached hydrogens (tertiary/aromatic N) is 3. The molecule has 0 bridgehead atoms. The topological polar surface area (TPSA) is 110 Å². The van der Waals surface area contributed by atoms with E-state index in [1.807, 2.05) is 0 Å². The second-order valence-electron chi connectivity index (χ2n) is 3.57. The fraction of sp³-hybridized carbons (Fsp3) is 0.857. The maximum absolute atomic E-state index is 11.6. The Morgan fingerprint density at radius 1 is 1.56 bits per heavy atom. The molecule has 8 nitrogen and oxygen atoms in total. The quantitative estimate of drug-likeness (QED) is 0.676. The zero-order chi connectivity index (χ0) is 11.4. The van der Waals surface area contributed by atoms with Crippen LogP contribution in [0.5, 0.6) is 0 Å². The Morgan fingerprint density at radius 2 is 2.44 bits per heavy atom. The Bertz CT molecular complexity index is 411. The first-order valence-corrected chi connectivity index (χ1v) is 6.62. The van der Waals surface area contributed by atoms with Crippen LogP contribution in [0, 0.1) is 0 Å².